The number of allylic oxidation sites excluding steroid dienone is 1. The molecule has 25 heavy (non-hydrogen) atoms. The molecule has 5 unspecified atom stereocenters. The van der Waals surface area contributed by atoms with Gasteiger partial charge in [0.2, 0.25) is 0 Å². The zero-order chi connectivity index (χ0) is 18.0. The van der Waals surface area contributed by atoms with Gasteiger partial charge in [-0.3, -0.25) is 4.79 Å². The second kappa shape index (κ2) is 5.68. The van der Waals surface area contributed by atoms with Crippen molar-refractivity contribution in [3.63, 3.8) is 0 Å². The Kier molecular flexibility index (Phi) is 3.93. The van der Waals surface area contributed by atoms with Crippen molar-refractivity contribution in [1.29, 1.82) is 5.26 Å². The Morgan fingerprint density at radius 2 is 2.00 bits per heavy atom. The second-order valence-corrected chi connectivity index (χ2v) is 9.77. The summed E-state index contributed by atoms with van der Waals surface area (Å²) < 4.78 is 0. The van der Waals surface area contributed by atoms with Gasteiger partial charge in [-0.2, -0.15) is 5.26 Å². The summed E-state index contributed by atoms with van der Waals surface area (Å²) in [5.41, 5.74) is 1.69. The van der Waals surface area contributed by atoms with Gasteiger partial charge in [0.05, 0.1) is 18.1 Å². The van der Waals surface area contributed by atoms with Crippen LogP contribution in [-0.4, -0.2) is 17.0 Å². The Labute approximate surface area is 151 Å². The van der Waals surface area contributed by atoms with E-state index in [4.69, 9.17) is 0 Å². The summed E-state index contributed by atoms with van der Waals surface area (Å²) in [6.45, 7) is 6.64. The van der Waals surface area contributed by atoms with Crippen LogP contribution in [-0.2, 0) is 4.79 Å². The minimum atomic E-state index is -0.172. The maximum Gasteiger partial charge on any atom is 0.138 e. The molecule has 0 aromatic carbocycles. The highest BCUT2D eigenvalue weighted by Gasteiger charge is 2.61. The Balaban J connectivity index is 1.68. The lowest BCUT2D eigenvalue weighted by molar-refractivity contribution is -0.123. The van der Waals surface area contributed by atoms with Crippen LogP contribution in [0.1, 0.15) is 65.7 Å². The van der Waals surface area contributed by atoms with E-state index in [9.17, 15) is 15.2 Å². The highest BCUT2D eigenvalue weighted by Crippen LogP contribution is 2.66. The summed E-state index contributed by atoms with van der Waals surface area (Å²) in [6, 6.07) is 2.36. The van der Waals surface area contributed by atoms with Crippen LogP contribution in [0, 0.1) is 51.8 Å². The molecule has 0 spiro atoms. The first kappa shape index (κ1) is 17.3. The van der Waals surface area contributed by atoms with Gasteiger partial charge in [-0.25, -0.2) is 0 Å². The Morgan fingerprint density at radius 1 is 1.24 bits per heavy atom. The predicted octanol–water partition coefficient (Wildman–Crippen LogP) is 4.26. The van der Waals surface area contributed by atoms with Crippen molar-refractivity contribution in [3.8, 4) is 6.07 Å². The largest absolute Gasteiger partial charge is 0.393 e. The van der Waals surface area contributed by atoms with E-state index in [0.717, 1.165) is 32.1 Å². The first-order chi connectivity index (χ1) is 11.8. The number of nitrogens with zero attached hydrogens (tertiary/aromatic N) is 1. The monoisotopic (exact) mass is 341 g/mol. The van der Waals surface area contributed by atoms with Crippen LogP contribution in [0.4, 0.5) is 0 Å². The molecule has 0 aromatic heterocycles. The fraction of sp³-hybridized carbons (Fsp3) is 0.818. The van der Waals surface area contributed by atoms with Gasteiger partial charge < -0.3 is 5.11 Å². The van der Waals surface area contributed by atoms with E-state index in [-0.39, 0.29) is 28.8 Å². The highest BCUT2D eigenvalue weighted by molar-refractivity contribution is 5.85. The Morgan fingerprint density at radius 3 is 2.72 bits per heavy atom. The van der Waals surface area contributed by atoms with Crippen LogP contribution in [0.2, 0.25) is 0 Å². The minimum Gasteiger partial charge on any atom is -0.393 e. The number of rotatable bonds is 1. The van der Waals surface area contributed by atoms with E-state index >= 15 is 0 Å². The summed E-state index contributed by atoms with van der Waals surface area (Å²) in [6.07, 6.45) is 9.05. The fourth-order valence-electron chi connectivity index (χ4n) is 7.40. The number of nitriles is 1. The van der Waals surface area contributed by atoms with Crippen molar-refractivity contribution in [2.75, 3.05) is 0 Å². The molecule has 3 fully saturated rings. The van der Waals surface area contributed by atoms with Crippen molar-refractivity contribution in [2.45, 2.75) is 71.8 Å². The lowest BCUT2D eigenvalue weighted by Gasteiger charge is -2.57. The predicted molar refractivity (Wildman–Crippen MR) is 96.4 cm³/mol. The van der Waals surface area contributed by atoms with E-state index in [1.165, 1.54) is 12.0 Å². The van der Waals surface area contributed by atoms with Crippen molar-refractivity contribution in [2.24, 2.45) is 40.4 Å². The molecule has 8 atom stereocenters. The normalized spacial score (nSPS) is 50.1. The third-order valence-corrected chi connectivity index (χ3v) is 8.70. The quantitative estimate of drug-likeness (QED) is 0.725. The van der Waals surface area contributed by atoms with Crippen LogP contribution in [0.5, 0.6) is 0 Å². The first-order valence-corrected chi connectivity index (χ1v) is 10.1. The third-order valence-electron chi connectivity index (χ3n) is 8.70. The molecule has 3 nitrogen and oxygen atoms in total. The topological polar surface area (TPSA) is 61.1 Å². The summed E-state index contributed by atoms with van der Waals surface area (Å²) >= 11 is 0. The molecule has 4 aliphatic carbocycles. The van der Waals surface area contributed by atoms with Gasteiger partial charge in [0.1, 0.15) is 5.78 Å². The van der Waals surface area contributed by atoms with Crippen LogP contribution >= 0.6 is 0 Å². The van der Waals surface area contributed by atoms with E-state index in [2.05, 4.69) is 26.0 Å². The maximum absolute atomic E-state index is 12.8. The van der Waals surface area contributed by atoms with E-state index in [1.807, 2.05) is 6.92 Å². The van der Waals surface area contributed by atoms with E-state index in [0.29, 0.717) is 30.0 Å². The van der Waals surface area contributed by atoms with Gasteiger partial charge in [-0.05, 0) is 74.0 Å². The number of Topliss-reactive ketones (excluding diaryl/α,β-unsaturated/α-hetero) is 1. The minimum absolute atomic E-state index is 0.00325. The zero-order valence-corrected chi connectivity index (χ0v) is 15.8. The molecule has 0 radical (unpaired) electrons. The zero-order valence-electron chi connectivity index (χ0n) is 15.8. The van der Waals surface area contributed by atoms with Gasteiger partial charge in [-0.1, -0.05) is 25.5 Å². The summed E-state index contributed by atoms with van der Waals surface area (Å²) in [7, 11) is 0. The molecule has 0 aliphatic heterocycles. The molecule has 3 heteroatoms. The van der Waals surface area contributed by atoms with Crippen LogP contribution in [0.3, 0.4) is 0 Å². The lowest BCUT2D eigenvalue weighted by atomic mass is 9.47. The van der Waals surface area contributed by atoms with Crippen molar-refractivity contribution >= 4 is 5.78 Å². The average molecular weight is 341 g/mol. The maximum atomic E-state index is 12.8. The molecule has 0 bridgehead atoms. The number of hydrogen-bond acceptors (Lipinski definition) is 3. The van der Waals surface area contributed by atoms with Crippen molar-refractivity contribution in [1.82, 2.24) is 0 Å². The molecule has 0 amide bonds. The summed E-state index contributed by atoms with van der Waals surface area (Å²) in [5.74, 6) is 1.73. The molecule has 4 rings (SSSR count). The molecular formula is C22H31NO2. The van der Waals surface area contributed by atoms with Gasteiger partial charge in [0, 0.05) is 12.3 Å². The van der Waals surface area contributed by atoms with Crippen LogP contribution in [0.15, 0.2) is 11.6 Å². The highest BCUT2D eigenvalue weighted by atomic mass is 16.3. The number of carbonyl (C=O) groups excluding carboxylic acids is 1. The third kappa shape index (κ3) is 2.29. The molecule has 4 aliphatic rings. The van der Waals surface area contributed by atoms with Crippen LogP contribution < -0.4 is 0 Å². The first-order valence-electron chi connectivity index (χ1n) is 10.1. The number of hydrogen-bond donors (Lipinski definition) is 1. The molecule has 3 saturated carbocycles. The summed E-state index contributed by atoms with van der Waals surface area (Å²) in [4.78, 5) is 12.8. The van der Waals surface area contributed by atoms with Crippen molar-refractivity contribution in [3.05, 3.63) is 11.6 Å². The molecule has 0 aromatic rings. The average Bonchev–Trinajstić information content (AvgIpc) is 2.85. The van der Waals surface area contributed by atoms with Crippen molar-refractivity contribution < 1.29 is 9.90 Å². The number of carbonyl (C=O) groups is 1. The number of ketones is 1. The Hall–Kier alpha value is -1.14. The standard InChI is InChI=1S/C22H31NO2/c1-13(12-23)20-19(25)11-18-16-5-4-14-10-15(24)6-8-21(14,2)17(16)7-9-22(18,20)3/h4,13,15-18,20,24H,5-11H2,1-3H3/t13-,15?,16?,17+,18+,20?,21?,22?/m1/s1. The van der Waals surface area contributed by atoms with Crippen LogP contribution in [0.25, 0.3) is 0 Å². The SMILES string of the molecule is C[C@H](C#N)C1C(=O)C[C@H]2C3CC=C4CC(O)CCC4(C)[C@H]3CCC12C. The van der Waals surface area contributed by atoms with Gasteiger partial charge >= 0.3 is 0 Å². The fourth-order valence-corrected chi connectivity index (χ4v) is 7.40. The molecule has 0 heterocycles. The number of aliphatic hydroxyl groups is 1. The molecule has 1 N–H and O–H groups in total. The molecule has 0 saturated heterocycles. The van der Waals surface area contributed by atoms with E-state index in [1.54, 1.807) is 0 Å². The van der Waals surface area contributed by atoms with Gasteiger partial charge in [0.15, 0.2) is 0 Å². The lowest BCUT2D eigenvalue weighted by Crippen LogP contribution is -2.50. The van der Waals surface area contributed by atoms with Gasteiger partial charge in [0.25, 0.3) is 0 Å². The summed E-state index contributed by atoms with van der Waals surface area (Å²) in [5, 5.41) is 19.5. The Bertz CT molecular complexity index is 661. The molecule has 136 valence electrons. The molecular weight excluding hydrogens is 310 g/mol. The second-order valence-electron chi connectivity index (χ2n) is 9.77. The number of aliphatic hydroxyl groups excluding tert-OH is 1. The number of fused-ring (bicyclic) bond motifs is 5. The van der Waals surface area contributed by atoms with E-state index < -0.39 is 0 Å². The smallest absolute Gasteiger partial charge is 0.138 e. The van der Waals surface area contributed by atoms with Gasteiger partial charge in [-0.15, -0.1) is 0 Å².